The van der Waals surface area contributed by atoms with Crippen molar-refractivity contribution in [2.75, 3.05) is 0 Å². The van der Waals surface area contributed by atoms with Crippen LogP contribution in [-0.4, -0.2) is 11.1 Å². The van der Waals surface area contributed by atoms with Gasteiger partial charge in [0.25, 0.3) is 0 Å². The first kappa shape index (κ1) is 10.1. The third-order valence-corrected chi connectivity index (χ3v) is 2.13. The Bertz CT molecular complexity index is 321. The van der Waals surface area contributed by atoms with E-state index in [1.54, 1.807) is 12.1 Å². The number of halogens is 1. The molecule has 0 unspecified atom stereocenters. The van der Waals surface area contributed by atoms with Gasteiger partial charge in [-0.3, -0.25) is 4.79 Å². The third-order valence-electron chi connectivity index (χ3n) is 1.89. The first-order valence-corrected chi connectivity index (χ1v) is 4.50. The van der Waals surface area contributed by atoms with Gasteiger partial charge in [0.2, 0.25) is 0 Å². The number of carboxylic acid groups (broad SMARTS) is 1. The van der Waals surface area contributed by atoms with E-state index in [-0.39, 0.29) is 6.42 Å². The molecule has 0 saturated carbocycles. The van der Waals surface area contributed by atoms with Crippen LogP contribution in [0.1, 0.15) is 18.1 Å². The summed E-state index contributed by atoms with van der Waals surface area (Å²) < 4.78 is 0. The summed E-state index contributed by atoms with van der Waals surface area (Å²) in [5.74, 6) is -0.808. The summed E-state index contributed by atoms with van der Waals surface area (Å²) in [5.41, 5.74) is 1.86. The van der Waals surface area contributed by atoms with Gasteiger partial charge in [0.05, 0.1) is 6.42 Å². The quantitative estimate of drug-likeness (QED) is 0.811. The highest BCUT2D eigenvalue weighted by Crippen LogP contribution is 2.17. The normalized spacial score (nSPS) is 10.0. The van der Waals surface area contributed by atoms with Crippen molar-refractivity contribution >= 4 is 17.6 Å². The van der Waals surface area contributed by atoms with E-state index < -0.39 is 5.97 Å². The van der Waals surface area contributed by atoms with Crippen LogP contribution in [0.3, 0.4) is 0 Å². The molecule has 0 aliphatic carbocycles. The molecule has 2 nitrogen and oxygen atoms in total. The highest BCUT2D eigenvalue weighted by molar-refractivity contribution is 6.30. The van der Waals surface area contributed by atoms with Crippen molar-refractivity contribution in [3.05, 3.63) is 34.3 Å². The van der Waals surface area contributed by atoms with Crippen molar-refractivity contribution in [2.45, 2.75) is 19.8 Å². The molecule has 1 aromatic rings. The number of hydrogen-bond acceptors (Lipinski definition) is 1. The minimum Gasteiger partial charge on any atom is -0.481 e. The zero-order chi connectivity index (χ0) is 9.84. The van der Waals surface area contributed by atoms with Gasteiger partial charge in [-0.2, -0.15) is 0 Å². The highest BCUT2D eigenvalue weighted by Gasteiger charge is 2.05. The predicted octanol–water partition coefficient (Wildman–Crippen LogP) is 2.53. The summed E-state index contributed by atoms with van der Waals surface area (Å²) in [5, 5.41) is 9.28. The Morgan fingerprint density at radius 3 is 2.69 bits per heavy atom. The van der Waals surface area contributed by atoms with E-state index in [1.807, 2.05) is 13.0 Å². The van der Waals surface area contributed by atoms with Gasteiger partial charge >= 0.3 is 5.97 Å². The first-order valence-electron chi connectivity index (χ1n) is 4.12. The lowest BCUT2D eigenvalue weighted by molar-refractivity contribution is -0.136. The van der Waals surface area contributed by atoms with Gasteiger partial charge in [0, 0.05) is 5.02 Å². The summed E-state index contributed by atoms with van der Waals surface area (Å²) in [4.78, 5) is 10.5. The molecule has 3 heteroatoms. The van der Waals surface area contributed by atoms with E-state index in [4.69, 9.17) is 16.7 Å². The van der Waals surface area contributed by atoms with Gasteiger partial charge in [-0.1, -0.05) is 24.6 Å². The van der Waals surface area contributed by atoms with Crippen molar-refractivity contribution in [3.63, 3.8) is 0 Å². The molecule has 0 heterocycles. The molecule has 0 radical (unpaired) electrons. The Hall–Kier alpha value is -1.02. The first-order chi connectivity index (χ1) is 6.13. The Kier molecular flexibility index (Phi) is 3.32. The van der Waals surface area contributed by atoms with Crippen molar-refractivity contribution in [1.82, 2.24) is 0 Å². The maximum Gasteiger partial charge on any atom is 0.307 e. The van der Waals surface area contributed by atoms with Crippen molar-refractivity contribution in [1.29, 1.82) is 0 Å². The topological polar surface area (TPSA) is 37.3 Å². The lowest BCUT2D eigenvalue weighted by Crippen LogP contribution is -2.02. The number of carbonyl (C=O) groups is 1. The van der Waals surface area contributed by atoms with Crippen molar-refractivity contribution in [2.24, 2.45) is 0 Å². The van der Waals surface area contributed by atoms with Crippen LogP contribution in [0.25, 0.3) is 0 Å². The second kappa shape index (κ2) is 4.28. The van der Waals surface area contributed by atoms with Crippen LogP contribution < -0.4 is 0 Å². The van der Waals surface area contributed by atoms with Crippen LogP contribution in [-0.2, 0) is 17.6 Å². The van der Waals surface area contributed by atoms with Crippen molar-refractivity contribution in [3.8, 4) is 0 Å². The largest absolute Gasteiger partial charge is 0.481 e. The molecule has 1 aromatic carbocycles. The molecule has 1 rings (SSSR count). The molecule has 70 valence electrons. The molecule has 0 fully saturated rings. The van der Waals surface area contributed by atoms with Crippen LogP contribution in [0.5, 0.6) is 0 Å². The van der Waals surface area contributed by atoms with Gasteiger partial charge in [0.15, 0.2) is 0 Å². The third kappa shape index (κ3) is 2.74. The molecule has 0 spiro atoms. The van der Waals surface area contributed by atoms with Gasteiger partial charge in [-0.05, 0) is 29.7 Å². The number of aliphatic carboxylic acids is 1. The second-order valence-electron chi connectivity index (χ2n) is 2.84. The Morgan fingerprint density at radius 1 is 1.46 bits per heavy atom. The smallest absolute Gasteiger partial charge is 0.307 e. The fourth-order valence-corrected chi connectivity index (χ4v) is 1.45. The SMILES string of the molecule is CCc1cc(Cl)ccc1CC(=O)O. The van der Waals surface area contributed by atoms with Gasteiger partial charge < -0.3 is 5.11 Å². The van der Waals surface area contributed by atoms with E-state index in [1.165, 1.54) is 0 Å². The fourth-order valence-electron chi connectivity index (χ4n) is 1.26. The summed E-state index contributed by atoms with van der Waals surface area (Å²) in [6, 6.07) is 5.31. The summed E-state index contributed by atoms with van der Waals surface area (Å²) in [6.45, 7) is 1.98. The summed E-state index contributed by atoms with van der Waals surface area (Å²) in [7, 11) is 0. The zero-order valence-electron chi connectivity index (χ0n) is 7.38. The maximum absolute atomic E-state index is 10.5. The standard InChI is InChI=1S/C10H11ClO2/c1-2-7-5-9(11)4-3-8(7)6-10(12)13/h3-5H,2,6H2,1H3,(H,12,13). The van der Waals surface area contributed by atoms with Crippen LogP contribution in [0.4, 0.5) is 0 Å². The predicted molar refractivity (Wildman–Crippen MR) is 52.2 cm³/mol. The second-order valence-corrected chi connectivity index (χ2v) is 3.27. The number of carboxylic acids is 1. The Balaban J connectivity index is 2.99. The molecular weight excluding hydrogens is 188 g/mol. The van der Waals surface area contributed by atoms with Crippen LogP contribution >= 0.6 is 11.6 Å². The highest BCUT2D eigenvalue weighted by atomic mass is 35.5. The minimum absolute atomic E-state index is 0.0698. The van der Waals surface area contributed by atoms with E-state index in [9.17, 15) is 4.79 Å². The monoisotopic (exact) mass is 198 g/mol. The molecule has 0 aliphatic heterocycles. The van der Waals surface area contributed by atoms with Crippen LogP contribution in [0.2, 0.25) is 5.02 Å². The zero-order valence-corrected chi connectivity index (χ0v) is 8.14. The van der Waals surface area contributed by atoms with Crippen LogP contribution in [0.15, 0.2) is 18.2 Å². The van der Waals surface area contributed by atoms with Crippen molar-refractivity contribution < 1.29 is 9.90 Å². The molecule has 13 heavy (non-hydrogen) atoms. The maximum atomic E-state index is 10.5. The molecule has 0 bridgehead atoms. The van der Waals surface area contributed by atoms with Gasteiger partial charge in [-0.25, -0.2) is 0 Å². The lowest BCUT2D eigenvalue weighted by Gasteiger charge is -2.05. The Morgan fingerprint density at radius 2 is 2.15 bits per heavy atom. The molecule has 0 saturated heterocycles. The Labute approximate surface area is 82.2 Å². The average Bonchev–Trinajstić information content (AvgIpc) is 2.07. The molecular formula is C10H11ClO2. The number of rotatable bonds is 3. The number of benzene rings is 1. The molecule has 0 aromatic heterocycles. The molecule has 0 amide bonds. The van der Waals surface area contributed by atoms with Gasteiger partial charge in [0.1, 0.15) is 0 Å². The average molecular weight is 199 g/mol. The lowest BCUT2D eigenvalue weighted by atomic mass is 10.0. The molecule has 1 N–H and O–H groups in total. The summed E-state index contributed by atoms with van der Waals surface area (Å²) >= 11 is 5.78. The fraction of sp³-hybridized carbons (Fsp3) is 0.300. The summed E-state index contributed by atoms with van der Waals surface area (Å²) in [6.07, 6.45) is 0.878. The number of aryl methyl sites for hydroxylation is 1. The van der Waals surface area contributed by atoms with Crippen LogP contribution in [0, 0.1) is 0 Å². The number of hydrogen-bond donors (Lipinski definition) is 1. The van der Waals surface area contributed by atoms with E-state index >= 15 is 0 Å². The molecule has 0 aliphatic rings. The van der Waals surface area contributed by atoms with Gasteiger partial charge in [-0.15, -0.1) is 0 Å². The molecule has 0 atom stereocenters. The van der Waals surface area contributed by atoms with E-state index in [2.05, 4.69) is 0 Å². The van der Waals surface area contributed by atoms with E-state index in [0.29, 0.717) is 5.02 Å². The minimum atomic E-state index is -0.808. The van der Waals surface area contributed by atoms with E-state index in [0.717, 1.165) is 17.5 Å².